The Morgan fingerprint density at radius 3 is 2.05 bits per heavy atom. The van der Waals surface area contributed by atoms with Gasteiger partial charge in [0.1, 0.15) is 18.0 Å². The molecule has 2 aromatic rings. The summed E-state index contributed by atoms with van der Waals surface area (Å²) < 4.78 is 19.3. The van der Waals surface area contributed by atoms with Crippen molar-refractivity contribution in [1.82, 2.24) is 4.98 Å². The van der Waals surface area contributed by atoms with Crippen LogP contribution in [0.3, 0.4) is 0 Å². The number of methoxy groups -OCH3 is 1. The Kier molecular flexibility index (Phi) is 12.2. The van der Waals surface area contributed by atoms with Crippen LogP contribution in [-0.2, 0) is 30.7 Å². The Hall–Kier alpha value is -4.73. The molecule has 0 amide bonds. The lowest BCUT2D eigenvalue weighted by Crippen LogP contribution is -2.29. The van der Waals surface area contributed by atoms with Gasteiger partial charge < -0.3 is 14.4 Å². The van der Waals surface area contributed by atoms with Gasteiger partial charge in [-0.2, -0.15) is 0 Å². The maximum Gasteiger partial charge on any atom is 0.306 e. The molecule has 42 heavy (non-hydrogen) atoms. The molecule has 2 rings (SSSR count). The molecular weight excluding hydrogens is 563 g/mol. The third kappa shape index (κ3) is 9.72. The highest BCUT2D eigenvalue weighted by molar-refractivity contribution is 5.80. The van der Waals surface area contributed by atoms with Crippen molar-refractivity contribution >= 4 is 12.0 Å². The van der Waals surface area contributed by atoms with E-state index in [2.05, 4.69) is 9.68 Å². The Labute approximate surface area is 239 Å². The molecule has 0 aliphatic rings. The number of pyridine rings is 1. The molecule has 0 aliphatic carbocycles. The zero-order valence-electron chi connectivity index (χ0n) is 23.6. The number of hydrogen-bond acceptors (Lipinski definition) is 12. The number of rotatable bonds is 16. The molecule has 2 atom stereocenters. The Bertz CT molecular complexity index is 1320. The maximum atomic E-state index is 13.9. The lowest BCUT2D eigenvalue weighted by atomic mass is 9.87. The minimum absolute atomic E-state index is 0.0330. The number of halogens is 1. The van der Waals surface area contributed by atoms with Crippen molar-refractivity contribution < 1.29 is 43.7 Å². The first-order chi connectivity index (χ1) is 19.7. The predicted octanol–water partition coefficient (Wildman–Crippen LogP) is 4.96. The number of nitrogens with zero attached hydrogens (tertiary/aromatic N) is 4. The van der Waals surface area contributed by atoms with Crippen molar-refractivity contribution in [2.24, 2.45) is 0 Å². The molecule has 0 unspecified atom stereocenters. The molecule has 0 fully saturated rings. The summed E-state index contributed by atoms with van der Waals surface area (Å²) >= 11 is 0. The van der Waals surface area contributed by atoms with Crippen LogP contribution in [0.25, 0.3) is 17.2 Å². The molecule has 0 radical (unpaired) electrons. The Balaban J connectivity index is 2.72. The van der Waals surface area contributed by atoms with Crippen LogP contribution >= 0.6 is 0 Å². The van der Waals surface area contributed by atoms with Crippen LogP contribution in [-0.4, -0.2) is 45.5 Å². The van der Waals surface area contributed by atoms with Gasteiger partial charge in [0.05, 0.1) is 18.7 Å². The molecular formula is C26H31FN4O11. The van der Waals surface area contributed by atoms with Crippen LogP contribution in [0.4, 0.5) is 4.39 Å². The summed E-state index contributed by atoms with van der Waals surface area (Å²) in [6, 6.07) is 5.71. The first-order valence-electron chi connectivity index (χ1n) is 12.7. The lowest BCUT2D eigenvalue weighted by molar-refractivity contribution is -0.777. The normalized spacial score (nSPS) is 12.8. The average molecular weight is 595 g/mol. The van der Waals surface area contributed by atoms with Gasteiger partial charge in [-0.1, -0.05) is 52.0 Å². The number of ether oxygens (including phenoxy) is 1. The first-order valence-corrected chi connectivity index (χ1v) is 12.7. The fraction of sp³-hybridized carbons (Fsp3) is 0.462. The Morgan fingerprint density at radius 2 is 1.55 bits per heavy atom. The fourth-order valence-corrected chi connectivity index (χ4v) is 4.32. The molecule has 0 bridgehead atoms. The number of hydrogen-bond donors (Lipinski definition) is 0. The fourth-order valence-electron chi connectivity index (χ4n) is 4.32. The molecule has 0 saturated carbocycles. The van der Waals surface area contributed by atoms with E-state index in [4.69, 9.17) is 14.6 Å². The van der Waals surface area contributed by atoms with E-state index in [1.165, 1.54) is 31.4 Å². The molecule has 0 aliphatic heterocycles. The van der Waals surface area contributed by atoms with Gasteiger partial charge in [-0.05, 0) is 35.1 Å². The van der Waals surface area contributed by atoms with Crippen molar-refractivity contribution in [3.8, 4) is 11.1 Å². The van der Waals surface area contributed by atoms with Crippen LogP contribution in [0.5, 0.6) is 0 Å². The molecule has 16 heteroatoms. The third-order valence-electron chi connectivity index (χ3n) is 5.91. The molecule has 1 heterocycles. The second-order valence-corrected chi connectivity index (χ2v) is 9.70. The van der Waals surface area contributed by atoms with Gasteiger partial charge in [-0.25, -0.2) is 9.23 Å². The van der Waals surface area contributed by atoms with Crippen molar-refractivity contribution in [3.05, 3.63) is 89.0 Å². The van der Waals surface area contributed by atoms with Crippen molar-refractivity contribution in [3.63, 3.8) is 0 Å². The minimum atomic E-state index is -1.69. The van der Waals surface area contributed by atoms with Crippen LogP contribution in [0.1, 0.15) is 74.9 Å². The van der Waals surface area contributed by atoms with E-state index in [0.29, 0.717) is 27.9 Å². The summed E-state index contributed by atoms with van der Waals surface area (Å²) in [5.41, 5.74) is 3.78. The van der Waals surface area contributed by atoms with Gasteiger partial charge in [0, 0.05) is 30.4 Å². The van der Waals surface area contributed by atoms with E-state index < -0.39 is 52.1 Å². The van der Waals surface area contributed by atoms with Gasteiger partial charge in [0.25, 0.3) is 10.2 Å². The second-order valence-electron chi connectivity index (χ2n) is 9.70. The molecule has 0 saturated heterocycles. The zero-order valence-corrected chi connectivity index (χ0v) is 23.6. The largest absolute Gasteiger partial charge is 0.380 e. The maximum absolute atomic E-state index is 13.9. The smallest absolute Gasteiger partial charge is 0.306 e. The summed E-state index contributed by atoms with van der Waals surface area (Å²) in [4.78, 5) is 62.3. The van der Waals surface area contributed by atoms with Crippen LogP contribution < -0.4 is 0 Å². The van der Waals surface area contributed by atoms with Gasteiger partial charge in [0.2, 0.25) is 0 Å². The van der Waals surface area contributed by atoms with Crippen LogP contribution in [0.15, 0.2) is 30.3 Å². The summed E-state index contributed by atoms with van der Waals surface area (Å²) in [7, 11) is 1.50. The zero-order chi connectivity index (χ0) is 31.6. The molecule has 1 aromatic carbocycles. The summed E-state index contributed by atoms with van der Waals surface area (Å²) in [5.74, 6) is -2.11. The van der Waals surface area contributed by atoms with Gasteiger partial charge in [0.15, 0.2) is 0 Å². The Morgan fingerprint density at radius 1 is 0.952 bits per heavy atom. The van der Waals surface area contributed by atoms with E-state index in [-0.39, 0.29) is 18.4 Å². The van der Waals surface area contributed by atoms with Crippen molar-refractivity contribution in [2.75, 3.05) is 7.11 Å². The highest BCUT2D eigenvalue weighted by Crippen LogP contribution is 2.38. The SMILES string of the molecule is COCc1c(C(C)C)nc(C(C)C)c(/C=C/[C@H](C[C@H](CC(=O)O[N+](=O)[O-])O[N+](=O)[O-])O[N+](=O)[O-])c1-c1ccc(F)cc1. The molecule has 0 N–H and O–H groups in total. The number of carbonyl (C=O) groups excluding carboxylic acids is 1. The predicted molar refractivity (Wildman–Crippen MR) is 144 cm³/mol. The highest BCUT2D eigenvalue weighted by atomic mass is 19.1. The van der Waals surface area contributed by atoms with Gasteiger partial charge >= 0.3 is 11.1 Å². The molecule has 0 spiro atoms. The number of benzene rings is 1. The minimum Gasteiger partial charge on any atom is -0.380 e. The van der Waals surface area contributed by atoms with Crippen molar-refractivity contribution in [2.45, 2.75) is 71.2 Å². The van der Waals surface area contributed by atoms with Crippen molar-refractivity contribution in [1.29, 1.82) is 0 Å². The molecule has 228 valence electrons. The van der Waals surface area contributed by atoms with Crippen LogP contribution in [0.2, 0.25) is 0 Å². The topological polar surface area (TPSA) is 196 Å². The second kappa shape index (κ2) is 15.3. The number of aromatic nitrogens is 1. The standard InChI is InChI=1S/C26H31FN4O11/c1-15(2)25-21(24(17-6-8-18(27)9-7-17)22(14-39-5)26(28-25)16(3)4)11-10-19(40-29(33)34)12-20(41-30(35)36)13-23(32)42-31(37)38/h6-11,15-16,19-20H,12-14H2,1-5H3/b11-10+/t19-,20-/m1/s1. The van der Waals surface area contributed by atoms with E-state index in [1.54, 1.807) is 12.1 Å². The first kappa shape index (κ1) is 33.5. The average Bonchev–Trinajstić information content (AvgIpc) is 2.86. The van der Waals surface area contributed by atoms with Crippen LogP contribution in [0, 0.1) is 36.2 Å². The monoisotopic (exact) mass is 594 g/mol. The quantitative estimate of drug-likeness (QED) is 0.187. The molecule has 15 nitrogen and oxygen atoms in total. The number of carbonyl (C=O) groups is 1. The third-order valence-corrected chi connectivity index (χ3v) is 5.91. The summed E-state index contributed by atoms with van der Waals surface area (Å²) in [5, 5.41) is 29.0. The van der Waals surface area contributed by atoms with E-state index in [0.717, 1.165) is 5.69 Å². The van der Waals surface area contributed by atoms with E-state index in [1.807, 2.05) is 27.7 Å². The van der Waals surface area contributed by atoms with E-state index in [9.17, 15) is 39.5 Å². The van der Waals surface area contributed by atoms with Gasteiger partial charge in [-0.15, -0.1) is 30.3 Å². The lowest BCUT2D eigenvalue weighted by Gasteiger charge is -2.24. The highest BCUT2D eigenvalue weighted by Gasteiger charge is 2.27. The van der Waals surface area contributed by atoms with E-state index >= 15 is 0 Å². The summed E-state index contributed by atoms with van der Waals surface area (Å²) in [6.07, 6.45) is -2.07. The molecule has 1 aromatic heterocycles. The summed E-state index contributed by atoms with van der Waals surface area (Å²) in [6.45, 7) is 7.83. The van der Waals surface area contributed by atoms with Gasteiger partial charge in [-0.3, -0.25) is 9.78 Å².